The fourth-order valence-electron chi connectivity index (χ4n) is 3.64. The Balaban J connectivity index is 1.62. The Morgan fingerprint density at radius 1 is 1.00 bits per heavy atom. The number of nitrogens with zero attached hydrogens (tertiary/aromatic N) is 7. The zero-order valence-corrected chi connectivity index (χ0v) is 19.3. The molecule has 0 spiro atoms. The Hall–Kier alpha value is -3.05. The van der Waals surface area contributed by atoms with E-state index in [0.717, 1.165) is 40.9 Å². The predicted octanol–water partition coefficient (Wildman–Crippen LogP) is 2.76. The maximum atomic E-state index is 11.6. The Morgan fingerprint density at radius 2 is 1.78 bits per heavy atom. The van der Waals surface area contributed by atoms with Crippen LogP contribution in [0, 0.1) is 0 Å². The molecular formula is C21H28N8O2S. The minimum Gasteiger partial charge on any atom is -0.271 e. The minimum atomic E-state index is -3.22. The van der Waals surface area contributed by atoms with E-state index >= 15 is 0 Å². The predicted molar refractivity (Wildman–Crippen MR) is 123 cm³/mol. The summed E-state index contributed by atoms with van der Waals surface area (Å²) in [6.07, 6.45) is 13.1. The zero-order chi connectivity index (χ0) is 22.7. The van der Waals surface area contributed by atoms with Gasteiger partial charge in [-0.25, -0.2) is 22.6 Å². The first-order valence-corrected chi connectivity index (χ1v) is 12.5. The highest BCUT2D eigenvalue weighted by atomic mass is 32.2. The Kier molecular flexibility index (Phi) is 6.38. The summed E-state index contributed by atoms with van der Waals surface area (Å²) in [6.45, 7) is 6.64. The highest BCUT2D eigenvalue weighted by molar-refractivity contribution is 7.89. The molecule has 32 heavy (non-hydrogen) atoms. The number of aromatic nitrogens is 7. The van der Waals surface area contributed by atoms with Gasteiger partial charge in [-0.2, -0.15) is 15.3 Å². The van der Waals surface area contributed by atoms with Crippen molar-refractivity contribution < 1.29 is 8.42 Å². The molecule has 0 unspecified atom stereocenters. The van der Waals surface area contributed by atoms with Crippen LogP contribution >= 0.6 is 0 Å². The minimum absolute atomic E-state index is 0.0573. The molecule has 4 rings (SSSR count). The lowest BCUT2D eigenvalue weighted by Crippen LogP contribution is -2.28. The molecule has 4 heterocycles. The van der Waals surface area contributed by atoms with E-state index < -0.39 is 10.0 Å². The second-order valence-electron chi connectivity index (χ2n) is 7.60. The van der Waals surface area contributed by atoms with Crippen LogP contribution in [0.15, 0.2) is 43.2 Å². The van der Waals surface area contributed by atoms with Crippen molar-refractivity contribution in [1.29, 1.82) is 0 Å². The van der Waals surface area contributed by atoms with Crippen molar-refractivity contribution in [2.24, 2.45) is 0 Å². The summed E-state index contributed by atoms with van der Waals surface area (Å²) in [5.41, 5.74) is 4.20. The molecule has 4 aromatic rings. The number of sulfonamides is 1. The third kappa shape index (κ3) is 4.58. The van der Waals surface area contributed by atoms with Gasteiger partial charge in [-0.05, 0) is 25.8 Å². The SMILES string of the molecule is CCC(CC)n1cc(-c2nc(-c3cnn(CCNS(=O)(=O)CC)c3)cn3nccc23)cn1. The standard InChI is InChI=1S/C21H28N8O2S/c1-4-18(5-2)28-14-17(12-24-28)21-20-7-8-22-29(20)15-19(26-21)16-11-23-27(13-16)10-9-25-32(30,31)6-3/h7-8,11-15,18,25H,4-6,9-10H2,1-3H3. The van der Waals surface area contributed by atoms with Crippen LogP contribution in [0.2, 0.25) is 0 Å². The molecule has 11 heteroatoms. The Bertz CT molecular complexity index is 1300. The summed E-state index contributed by atoms with van der Waals surface area (Å²) < 4.78 is 31.3. The van der Waals surface area contributed by atoms with Crippen LogP contribution in [0.3, 0.4) is 0 Å². The lowest BCUT2D eigenvalue weighted by Gasteiger charge is -2.12. The molecule has 0 aliphatic rings. The van der Waals surface area contributed by atoms with Crippen LogP contribution in [-0.4, -0.2) is 54.9 Å². The summed E-state index contributed by atoms with van der Waals surface area (Å²) >= 11 is 0. The summed E-state index contributed by atoms with van der Waals surface area (Å²) in [5.74, 6) is 0.0573. The molecule has 0 aliphatic carbocycles. The van der Waals surface area contributed by atoms with E-state index in [0.29, 0.717) is 12.6 Å². The van der Waals surface area contributed by atoms with E-state index in [1.165, 1.54) is 0 Å². The highest BCUT2D eigenvalue weighted by Gasteiger charge is 2.15. The molecule has 0 aromatic carbocycles. The van der Waals surface area contributed by atoms with E-state index in [9.17, 15) is 8.42 Å². The molecular weight excluding hydrogens is 428 g/mol. The normalized spacial score (nSPS) is 12.2. The third-order valence-corrected chi connectivity index (χ3v) is 6.96. The fraction of sp³-hybridized carbons (Fsp3) is 0.429. The first-order valence-electron chi connectivity index (χ1n) is 10.8. The molecule has 0 radical (unpaired) electrons. The maximum absolute atomic E-state index is 11.6. The number of nitrogens with one attached hydrogen (secondary N) is 1. The van der Waals surface area contributed by atoms with Gasteiger partial charge in [-0.3, -0.25) is 9.36 Å². The molecule has 1 N–H and O–H groups in total. The summed E-state index contributed by atoms with van der Waals surface area (Å²) in [6, 6.07) is 2.29. The van der Waals surface area contributed by atoms with Crippen LogP contribution in [0.25, 0.3) is 28.0 Å². The summed E-state index contributed by atoms with van der Waals surface area (Å²) in [5, 5.41) is 13.3. The maximum Gasteiger partial charge on any atom is 0.211 e. The lowest BCUT2D eigenvalue weighted by molar-refractivity contribution is 0.428. The molecule has 0 amide bonds. The average molecular weight is 457 g/mol. The van der Waals surface area contributed by atoms with Crippen LogP contribution in [0.5, 0.6) is 0 Å². The second kappa shape index (κ2) is 9.21. The van der Waals surface area contributed by atoms with Crippen molar-refractivity contribution in [3.63, 3.8) is 0 Å². The molecule has 4 aromatic heterocycles. The van der Waals surface area contributed by atoms with E-state index in [-0.39, 0.29) is 12.3 Å². The van der Waals surface area contributed by atoms with Gasteiger partial charge in [0.05, 0.1) is 60.0 Å². The molecule has 0 atom stereocenters. The average Bonchev–Trinajstić information content (AvgIpc) is 3.54. The molecule has 0 fully saturated rings. The van der Waals surface area contributed by atoms with Crippen molar-refractivity contribution in [1.82, 2.24) is 38.9 Å². The molecule has 0 bridgehead atoms. The van der Waals surface area contributed by atoms with Crippen LogP contribution < -0.4 is 4.72 Å². The first kappa shape index (κ1) is 22.2. The van der Waals surface area contributed by atoms with Crippen LogP contribution in [0.4, 0.5) is 0 Å². The van der Waals surface area contributed by atoms with Crippen molar-refractivity contribution >= 4 is 15.5 Å². The largest absolute Gasteiger partial charge is 0.271 e. The van der Waals surface area contributed by atoms with E-state index in [1.807, 2.05) is 35.5 Å². The Labute approximate surface area is 187 Å². The van der Waals surface area contributed by atoms with Crippen molar-refractivity contribution in [2.75, 3.05) is 12.3 Å². The number of fused-ring (bicyclic) bond motifs is 1. The zero-order valence-electron chi connectivity index (χ0n) is 18.5. The van der Waals surface area contributed by atoms with Crippen LogP contribution in [-0.2, 0) is 16.6 Å². The third-order valence-electron chi connectivity index (χ3n) is 5.55. The van der Waals surface area contributed by atoms with Gasteiger partial charge in [-0.15, -0.1) is 0 Å². The first-order chi connectivity index (χ1) is 15.4. The number of hydrogen-bond donors (Lipinski definition) is 1. The van der Waals surface area contributed by atoms with Gasteiger partial charge < -0.3 is 0 Å². The van der Waals surface area contributed by atoms with Gasteiger partial charge in [0.1, 0.15) is 0 Å². The van der Waals surface area contributed by atoms with Crippen molar-refractivity contribution in [2.45, 2.75) is 46.2 Å². The molecule has 0 saturated heterocycles. The monoisotopic (exact) mass is 456 g/mol. The van der Waals surface area contributed by atoms with Gasteiger partial charge in [0.2, 0.25) is 10.0 Å². The highest BCUT2D eigenvalue weighted by Crippen LogP contribution is 2.27. The van der Waals surface area contributed by atoms with Gasteiger partial charge in [0.25, 0.3) is 0 Å². The second-order valence-corrected chi connectivity index (χ2v) is 9.70. The van der Waals surface area contributed by atoms with E-state index in [2.05, 4.69) is 33.9 Å². The van der Waals surface area contributed by atoms with E-state index in [4.69, 9.17) is 4.98 Å². The molecule has 0 aliphatic heterocycles. The fourth-order valence-corrected chi connectivity index (χ4v) is 4.24. The van der Waals surface area contributed by atoms with Crippen molar-refractivity contribution in [3.05, 3.63) is 43.2 Å². The van der Waals surface area contributed by atoms with Crippen molar-refractivity contribution in [3.8, 4) is 22.5 Å². The smallest absolute Gasteiger partial charge is 0.211 e. The summed E-state index contributed by atoms with van der Waals surface area (Å²) in [7, 11) is -3.22. The van der Waals surface area contributed by atoms with Gasteiger partial charge in [-0.1, -0.05) is 13.8 Å². The van der Waals surface area contributed by atoms with Gasteiger partial charge in [0.15, 0.2) is 0 Å². The number of hydrogen-bond acceptors (Lipinski definition) is 6. The molecule has 10 nitrogen and oxygen atoms in total. The quantitative estimate of drug-likeness (QED) is 0.393. The van der Waals surface area contributed by atoms with Gasteiger partial charge >= 0.3 is 0 Å². The molecule has 170 valence electrons. The Morgan fingerprint density at radius 3 is 2.53 bits per heavy atom. The van der Waals surface area contributed by atoms with E-state index in [1.54, 1.807) is 28.5 Å². The van der Waals surface area contributed by atoms with Gasteiger partial charge in [0, 0.05) is 30.1 Å². The molecule has 0 saturated carbocycles. The van der Waals surface area contributed by atoms with Crippen LogP contribution in [0.1, 0.15) is 39.7 Å². The topological polar surface area (TPSA) is 112 Å². The number of rotatable bonds is 10. The summed E-state index contributed by atoms with van der Waals surface area (Å²) in [4.78, 5) is 4.91. The lowest BCUT2D eigenvalue weighted by atomic mass is 10.1.